The first kappa shape index (κ1) is 19.7. The molecule has 3 aromatic rings. The second-order valence-electron chi connectivity index (χ2n) is 5.05. The van der Waals surface area contributed by atoms with Gasteiger partial charge in [0, 0.05) is 15.4 Å². The standard InChI is InChI=1S/C15H6BrF5N2O2S2/c16-7-3-1-6(2-4-7)15-22-8(5-26-15)23-27(24,25)14-12(20)10(18)9(17)11(19)13(14)21/h1-5,23H. The number of halogens is 6. The van der Waals surface area contributed by atoms with E-state index in [1.807, 2.05) is 0 Å². The second kappa shape index (κ2) is 7.17. The van der Waals surface area contributed by atoms with Crippen LogP contribution in [0.2, 0.25) is 0 Å². The highest BCUT2D eigenvalue weighted by Crippen LogP contribution is 2.31. The molecule has 4 nitrogen and oxygen atoms in total. The number of hydrogen-bond donors (Lipinski definition) is 1. The van der Waals surface area contributed by atoms with Crippen LogP contribution in [-0.2, 0) is 10.0 Å². The fourth-order valence-electron chi connectivity index (χ4n) is 2.06. The molecule has 0 aliphatic carbocycles. The third kappa shape index (κ3) is 3.69. The maximum atomic E-state index is 13.7. The van der Waals surface area contributed by atoms with E-state index in [9.17, 15) is 30.4 Å². The summed E-state index contributed by atoms with van der Waals surface area (Å²) in [5, 5.41) is 1.60. The number of nitrogens with one attached hydrogen (secondary N) is 1. The molecule has 0 saturated carbocycles. The highest BCUT2D eigenvalue weighted by Gasteiger charge is 2.34. The number of nitrogens with zero attached hydrogens (tertiary/aromatic N) is 1. The third-order valence-corrected chi connectivity index (χ3v) is 6.07. The van der Waals surface area contributed by atoms with Crippen LogP contribution in [0.1, 0.15) is 0 Å². The van der Waals surface area contributed by atoms with E-state index in [4.69, 9.17) is 0 Å². The van der Waals surface area contributed by atoms with Gasteiger partial charge in [-0.25, -0.2) is 35.4 Å². The Morgan fingerprint density at radius 2 is 1.41 bits per heavy atom. The number of sulfonamides is 1. The quantitative estimate of drug-likeness (QED) is 0.319. The van der Waals surface area contributed by atoms with Crippen molar-refractivity contribution in [2.75, 3.05) is 4.72 Å². The predicted octanol–water partition coefficient (Wildman–Crippen LogP) is 5.07. The van der Waals surface area contributed by atoms with Crippen molar-refractivity contribution >= 4 is 43.1 Å². The molecule has 3 rings (SSSR count). The smallest absolute Gasteiger partial charge is 0.262 e. The molecule has 2 aromatic carbocycles. The Balaban J connectivity index is 1.98. The number of hydrogen-bond acceptors (Lipinski definition) is 4. The van der Waals surface area contributed by atoms with E-state index >= 15 is 0 Å². The molecule has 0 amide bonds. The molecule has 0 unspecified atom stereocenters. The fraction of sp³-hybridized carbons (Fsp3) is 0. The van der Waals surface area contributed by atoms with E-state index in [1.54, 1.807) is 29.0 Å². The number of anilines is 1. The van der Waals surface area contributed by atoms with Crippen molar-refractivity contribution in [1.29, 1.82) is 0 Å². The van der Waals surface area contributed by atoms with Crippen LogP contribution in [0, 0.1) is 29.1 Å². The summed E-state index contributed by atoms with van der Waals surface area (Å²) >= 11 is 4.26. The minimum Gasteiger partial charge on any atom is -0.262 e. The summed E-state index contributed by atoms with van der Waals surface area (Å²) < 4.78 is 93.9. The molecule has 0 aliphatic heterocycles. The van der Waals surface area contributed by atoms with Crippen molar-refractivity contribution in [2.24, 2.45) is 0 Å². The summed E-state index contributed by atoms with van der Waals surface area (Å²) in [6, 6.07) is 6.81. The lowest BCUT2D eigenvalue weighted by Gasteiger charge is -2.09. The molecule has 0 fully saturated rings. The van der Waals surface area contributed by atoms with Crippen molar-refractivity contribution in [1.82, 2.24) is 4.98 Å². The van der Waals surface area contributed by atoms with E-state index in [1.165, 1.54) is 5.38 Å². The summed E-state index contributed by atoms with van der Waals surface area (Å²) in [6.45, 7) is 0. The molecular weight excluding hydrogens is 479 g/mol. The first-order valence-corrected chi connectivity index (χ1v) is 10.0. The van der Waals surface area contributed by atoms with Crippen LogP contribution < -0.4 is 4.72 Å². The van der Waals surface area contributed by atoms with Crippen LogP contribution in [0.25, 0.3) is 10.6 Å². The van der Waals surface area contributed by atoms with Crippen molar-refractivity contribution in [2.45, 2.75) is 4.90 Å². The van der Waals surface area contributed by atoms with Gasteiger partial charge in [0.25, 0.3) is 10.0 Å². The number of aromatic nitrogens is 1. The van der Waals surface area contributed by atoms with Crippen LogP contribution in [0.5, 0.6) is 0 Å². The molecule has 1 aromatic heterocycles. The van der Waals surface area contributed by atoms with E-state index in [0.29, 0.717) is 10.6 Å². The van der Waals surface area contributed by atoms with Crippen molar-refractivity contribution in [3.63, 3.8) is 0 Å². The summed E-state index contributed by atoms with van der Waals surface area (Å²) in [5.74, 6) is -12.4. The molecule has 1 heterocycles. The maximum Gasteiger partial charge on any atom is 0.269 e. The van der Waals surface area contributed by atoms with Gasteiger partial charge in [-0.2, -0.15) is 0 Å². The minimum absolute atomic E-state index is 0.332. The number of rotatable bonds is 4. The zero-order chi connectivity index (χ0) is 19.9. The molecule has 27 heavy (non-hydrogen) atoms. The predicted molar refractivity (Wildman–Crippen MR) is 92.3 cm³/mol. The summed E-state index contributed by atoms with van der Waals surface area (Å²) in [5.41, 5.74) is 0.630. The topological polar surface area (TPSA) is 59.1 Å². The molecule has 0 atom stereocenters. The molecule has 0 radical (unpaired) electrons. The Kier molecular flexibility index (Phi) is 5.23. The van der Waals surface area contributed by atoms with Gasteiger partial charge in [-0.3, -0.25) is 4.72 Å². The molecule has 0 bridgehead atoms. The summed E-state index contributed by atoms with van der Waals surface area (Å²) in [7, 11) is -5.12. The van der Waals surface area contributed by atoms with E-state index in [-0.39, 0.29) is 5.82 Å². The minimum atomic E-state index is -5.12. The largest absolute Gasteiger partial charge is 0.269 e. The average molecular weight is 485 g/mol. The Morgan fingerprint density at radius 3 is 1.96 bits per heavy atom. The van der Waals surface area contributed by atoms with Gasteiger partial charge in [-0.1, -0.05) is 28.1 Å². The lowest BCUT2D eigenvalue weighted by Crippen LogP contribution is -2.19. The van der Waals surface area contributed by atoms with Crippen LogP contribution in [0.15, 0.2) is 39.0 Å². The molecule has 1 N–H and O–H groups in total. The van der Waals surface area contributed by atoms with Gasteiger partial charge < -0.3 is 0 Å². The first-order valence-electron chi connectivity index (χ1n) is 6.87. The van der Waals surface area contributed by atoms with Crippen molar-refractivity contribution in [3.8, 4) is 10.6 Å². The van der Waals surface area contributed by atoms with Gasteiger partial charge >= 0.3 is 0 Å². The zero-order valence-electron chi connectivity index (χ0n) is 12.7. The Morgan fingerprint density at radius 1 is 0.889 bits per heavy atom. The van der Waals surface area contributed by atoms with Crippen molar-refractivity contribution in [3.05, 3.63) is 63.2 Å². The van der Waals surface area contributed by atoms with E-state index in [2.05, 4.69) is 20.9 Å². The van der Waals surface area contributed by atoms with Crippen LogP contribution in [0.4, 0.5) is 27.8 Å². The van der Waals surface area contributed by atoms with Gasteiger partial charge in [0.05, 0.1) is 0 Å². The van der Waals surface area contributed by atoms with Gasteiger partial charge in [-0.15, -0.1) is 11.3 Å². The van der Waals surface area contributed by atoms with Gasteiger partial charge in [0.1, 0.15) is 5.01 Å². The first-order chi connectivity index (χ1) is 12.6. The van der Waals surface area contributed by atoms with Crippen molar-refractivity contribution < 1.29 is 30.4 Å². The van der Waals surface area contributed by atoms with Gasteiger partial charge in [0.15, 0.2) is 34.0 Å². The third-order valence-electron chi connectivity index (χ3n) is 3.27. The Labute approximate surface area is 161 Å². The van der Waals surface area contributed by atoms with Crippen LogP contribution >= 0.6 is 27.3 Å². The normalized spacial score (nSPS) is 11.6. The number of thiazole rings is 1. The van der Waals surface area contributed by atoms with E-state index < -0.39 is 44.0 Å². The Hall–Kier alpha value is -2.05. The highest BCUT2D eigenvalue weighted by molar-refractivity contribution is 9.10. The highest BCUT2D eigenvalue weighted by atomic mass is 79.9. The Bertz CT molecular complexity index is 1100. The fourth-order valence-corrected chi connectivity index (χ4v) is 4.29. The summed E-state index contributed by atoms with van der Waals surface area (Å²) in [4.78, 5) is 1.97. The van der Waals surface area contributed by atoms with Crippen LogP contribution in [0.3, 0.4) is 0 Å². The molecule has 12 heteroatoms. The van der Waals surface area contributed by atoms with Crippen LogP contribution in [-0.4, -0.2) is 13.4 Å². The van der Waals surface area contributed by atoms with Gasteiger partial charge in [-0.05, 0) is 12.1 Å². The second-order valence-corrected chi connectivity index (χ2v) is 8.44. The monoisotopic (exact) mass is 484 g/mol. The SMILES string of the molecule is O=S(=O)(Nc1csc(-c2ccc(Br)cc2)n1)c1c(F)c(F)c(F)c(F)c1F. The molecule has 0 saturated heterocycles. The maximum absolute atomic E-state index is 13.7. The van der Waals surface area contributed by atoms with Gasteiger partial charge in [0.2, 0.25) is 5.82 Å². The lowest BCUT2D eigenvalue weighted by molar-refractivity contribution is 0.358. The molecule has 0 aliphatic rings. The zero-order valence-corrected chi connectivity index (χ0v) is 16.0. The molecule has 142 valence electrons. The summed E-state index contributed by atoms with van der Waals surface area (Å²) in [6.07, 6.45) is 0. The molecule has 0 spiro atoms. The average Bonchev–Trinajstić information content (AvgIpc) is 3.06. The number of benzene rings is 2. The molecular formula is C15H6BrF5N2O2S2. The lowest BCUT2D eigenvalue weighted by atomic mass is 10.2. The van der Waals surface area contributed by atoms with E-state index in [0.717, 1.165) is 15.8 Å².